The van der Waals surface area contributed by atoms with Crippen molar-refractivity contribution in [2.75, 3.05) is 13.2 Å². The molecule has 4 atom stereocenters. The molecule has 7 rings (SSSR count). The molecule has 1 aromatic heterocycles. The number of nitrogens with zero attached hydrogens (tertiary/aromatic N) is 2. The molecule has 2 amide bonds. The zero-order chi connectivity index (χ0) is 41.0. The van der Waals surface area contributed by atoms with E-state index in [1.165, 1.54) is 17.0 Å². The number of benzene rings is 3. The summed E-state index contributed by atoms with van der Waals surface area (Å²) in [5, 5.41) is 35.4. The SMILES string of the molecule is CC(C)(C)[Si](OCC1=C([C@H](O)CC/C(=C/c2ccc(O)c(F)c2)c2ccccn2)[C@H](CO)[C@@H]2C(=O)N(C3CCCCC3)C(=O)[C@@H]2C1)(c1ccccc1)c1ccccc1. The Kier molecular flexibility index (Phi) is 12.6. The number of aromatic nitrogens is 1. The fourth-order valence-corrected chi connectivity index (χ4v) is 14.4. The Morgan fingerprint density at radius 3 is 2.17 bits per heavy atom. The van der Waals surface area contributed by atoms with E-state index in [2.05, 4.69) is 50.0 Å². The molecule has 1 saturated heterocycles. The van der Waals surface area contributed by atoms with Crippen LogP contribution in [0.25, 0.3) is 11.6 Å². The predicted molar refractivity (Wildman–Crippen MR) is 227 cm³/mol. The highest BCUT2D eigenvalue weighted by Crippen LogP contribution is 2.48. The van der Waals surface area contributed by atoms with Gasteiger partial charge in [-0.05, 0) is 100 Å². The van der Waals surface area contributed by atoms with Gasteiger partial charge in [0.05, 0.1) is 36.8 Å². The highest BCUT2D eigenvalue weighted by atomic mass is 28.4. The molecule has 10 heteroatoms. The maximum absolute atomic E-state index is 14.4. The highest BCUT2D eigenvalue weighted by Gasteiger charge is 2.57. The van der Waals surface area contributed by atoms with E-state index in [4.69, 9.17) is 4.43 Å². The van der Waals surface area contributed by atoms with Crippen molar-refractivity contribution in [2.45, 2.75) is 89.3 Å². The minimum absolute atomic E-state index is 0.111. The number of carbonyl (C=O) groups excluding carboxylic acids is 2. The first-order chi connectivity index (χ1) is 27.9. The van der Waals surface area contributed by atoms with Gasteiger partial charge in [0.15, 0.2) is 11.6 Å². The largest absolute Gasteiger partial charge is 0.505 e. The third-order valence-electron chi connectivity index (χ3n) is 12.6. The Hall–Kier alpha value is -4.74. The summed E-state index contributed by atoms with van der Waals surface area (Å²) in [4.78, 5) is 34.9. The summed E-state index contributed by atoms with van der Waals surface area (Å²) in [6.45, 7) is 6.29. The molecule has 1 aliphatic heterocycles. The smallest absolute Gasteiger partial charge is 0.261 e. The molecule has 0 unspecified atom stereocenters. The van der Waals surface area contributed by atoms with E-state index in [1.54, 1.807) is 24.4 Å². The average Bonchev–Trinajstić information content (AvgIpc) is 3.49. The van der Waals surface area contributed by atoms with Gasteiger partial charge in [0.2, 0.25) is 11.8 Å². The number of halogens is 1. The molecule has 58 heavy (non-hydrogen) atoms. The van der Waals surface area contributed by atoms with Crippen LogP contribution in [0.2, 0.25) is 5.04 Å². The van der Waals surface area contributed by atoms with Gasteiger partial charge < -0.3 is 19.7 Å². The van der Waals surface area contributed by atoms with Crippen LogP contribution >= 0.6 is 0 Å². The molecular weight excluding hydrogens is 748 g/mol. The van der Waals surface area contributed by atoms with Crippen molar-refractivity contribution in [3.05, 3.63) is 131 Å². The first kappa shape index (κ1) is 41.4. The first-order valence-corrected chi connectivity index (χ1v) is 22.6. The van der Waals surface area contributed by atoms with Crippen LogP contribution < -0.4 is 10.4 Å². The maximum Gasteiger partial charge on any atom is 0.261 e. The van der Waals surface area contributed by atoms with Crippen molar-refractivity contribution in [2.24, 2.45) is 17.8 Å². The standard InChI is InChI=1S/C48H55FN2O6Si/c1-48(2,3)58(36-17-9-5-10-18-36,37-19-11-6-12-20-37)57-31-34-29-38-45(47(56)51(46(38)55)35-15-7-4-8-16-35)39(30-52)44(34)43(54)25-23-33(41-21-13-14-26-50-41)27-32-22-24-42(53)40(49)28-32/h5-6,9-14,17-22,24,26-28,35,38-39,43,45,52-54H,4,7-8,15-16,23,25,29-31H2,1-3H3/b33-27-/t38-,39+,43-,45-/m1/s1. The number of allylic oxidation sites excluding steroid dienone is 1. The van der Waals surface area contributed by atoms with E-state index in [1.807, 2.05) is 48.5 Å². The molecular formula is C48H55FN2O6Si. The topological polar surface area (TPSA) is 120 Å². The van der Waals surface area contributed by atoms with E-state index >= 15 is 0 Å². The van der Waals surface area contributed by atoms with Gasteiger partial charge in [-0.25, -0.2) is 4.39 Å². The molecule has 1 saturated carbocycles. The van der Waals surface area contributed by atoms with Crippen molar-refractivity contribution >= 4 is 42.2 Å². The highest BCUT2D eigenvalue weighted by molar-refractivity contribution is 6.99. The second-order valence-corrected chi connectivity index (χ2v) is 21.4. The van der Waals surface area contributed by atoms with Crippen LogP contribution in [0.15, 0.2) is 114 Å². The van der Waals surface area contributed by atoms with Crippen LogP contribution in [-0.4, -0.2) is 70.7 Å². The van der Waals surface area contributed by atoms with Crippen molar-refractivity contribution < 1.29 is 33.7 Å². The Bertz CT molecular complexity index is 2090. The van der Waals surface area contributed by atoms with E-state index in [0.29, 0.717) is 23.3 Å². The molecule has 0 spiro atoms. The van der Waals surface area contributed by atoms with Gasteiger partial charge in [0.1, 0.15) is 0 Å². The molecule has 0 bridgehead atoms. The molecule has 3 aromatic carbocycles. The number of imide groups is 1. The molecule has 2 aliphatic carbocycles. The minimum atomic E-state index is -3.07. The fourth-order valence-electron chi connectivity index (χ4n) is 9.86. The zero-order valence-electron chi connectivity index (χ0n) is 33.7. The van der Waals surface area contributed by atoms with E-state index < -0.39 is 50.3 Å². The van der Waals surface area contributed by atoms with Crippen LogP contribution in [0, 0.1) is 23.6 Å². The Morgan fingerprint density at radius 1 is 0.931 bits per heavy atom. The quantitative estimate of drug-likeness (QED) is 0.0731. The van der Waals surface area contributed by atoms with Crippen molar-refractivity contribution in [3.63, 3.8) is 0 Å². The van der Waals surface area contributed by atoms with E-state index in [-0.39, 0.29) is 42.3 Å². The van der Waals surface area contributed by atoms with E-state index in [9.17, 15) is 29.3 Å². The van der Waals surface area contributed by atoms with Crippen LogP contribution in [-0.2, 0) is 14.0 Å². The second-order valence-electron chi connectivity index (χ2n) is 17.1. The molecule has 8 nitrogen and oxygen atoms in total. The van der Waals surface area contributed by atoms with Gasteiger partial charge in [-0.15, -0.1) is 0 Å². The number of hydrogen-bond donors (Lipinski definition) is 3. The third-order valence-corrected chi connectivity index (χ3v) is 17.6. The molecule has 2 fully saturated rings. The van der Waals surface area contributed by atoms with Gasteiger partial charge in [-0.2, -0.15) is 0 Å². The second kappa shape index (κ2) is 17.6. The number of amides is 2. The number of carbonyl (C=O) groups is 2. The van der Waals surface area contributed by atoms with Crippen LogP contribution in [0.5, 0.6) is 5.75 Å². The molecule has 304 valence electrons. The minimum Gasteiger partial charge on any atom is -0.505 e. The van der Waals surface area contributed by atoms with Crippen LogP contribution in [0.3, 0.4) is 0 Å². The average molecular weight is 803 g/mol. The van der Waals surface area contributed by atoms with Gasteiger partial charge >= 0.3 is 0 Å². The van der Waals surface area contributed by atoms with Crippen LogP contribution in [0.1, 0.15) is 83.4 Å². The fraction of sp³-hybridized carbons (Fsp3) is 0.396. The maximum atomic E-state index is 14.4. The lowest BCUT2D eigenvalue weighted by atomic mass is 9.68. The normalized spacial score (nSPS) is 21.4. The van der Waals surface area contributed by atoms with E-state index in [0.717, 1.165) is 53.6 Å². The molecule has 2 heterocycles. The number of aromatic hydroxyl groups is 1. The summed E-state index contributed by atoms with van der Waals surface area (Å²) in [6, 6.07) is 30.1. The molecule has 4 aromatic rings. The van der Waals surface area contributed by atoms with Crippen molar-refractivity contribution in [1.29, 1.82) is 0 Å². The lowest BCUT2D eigenvalue weighted by Gasteiger charge is -2.44. The molecule has 3 aliphatic rings. The number of aliphatic hydroxyl groups is 2. The van der Waals surface area contributed by atoms with Gasteiger partial charge in [0, 0.05) is 18.2 Å². The summed E-state index contributed by atoms with van der Waals surface area (Å²) < 4.78 is 21.9. The molecule has 0 radical (unpaired) electrons. The van der Waals surface area contributed by atoms with Crippen LogP contribution in [0.4, 0.5) is 4.39 Å². The van der Waals surface area contributed by atoms with Gasteiger partial charge in [0.25, 0.3) is 8.32 Å². The zero-order valence-corrected chi connectivity index (χ0v) is 34.7. The van der Waals surface area contributed by atoms with Crippen molar-refractivity contribution in [3.8, 4) is 5.75 Å². The number of rotatable bonds is 13. The predicted octanol–water partition coefficient (Wildman–Crippen LogP) is 7.43. The third kappa shape index (κ3) is 8.12. The lowest BCUT2D eigenvalue weighted by molar-refractivity contribution is -0.143. The van der Waals surface area contributed by atoms with Gasteiger partial charge in [-0.3, -0.25) is 19.5 Å². The Balaban J connectivity index is 1.30. The Labute approximate surface area is 342 Å². The number of fused-ring (bicyclic) bond motifs is 1. The first-order valence-electron chi connectivity index (χ1n) is 20.7. The van der Waals surface area contributed by atoms with Crippen molar-refractivity contribution in [1.82, 2.24) is 9.88 Å². The monoisotopic (exact) mass is 802 g/mol. The summed E-state index contributed by atoms with van der Waals surface area (Å²) in [7, 11) is -3.07. The number of pyridine rings is 1. The number of phenolic OH excluding ortho intramolecular Hbond substituents is 1. The van der Waals surface area contributed by atoms with Gasteiger partial charge in [-0.1, -0.05) is 113 Å². The lowest BCUT2D eigenvalue weighted by Crippen LogP contribution is -2.66. The number of aliphatic hydroxyl groups excluding tert-OH is 2. The number of phenols is 1. The summed E-state index contributed by atoms with van der Waals surface area (Å²) >= 11 is 0. The summed E-state index contributed by atoms with van der Waals surface area (Å²) in [6.07, 6.45) is 7.68. The summed E-state index contributed by atoms with van der Waals surface area (Å²) in [5.41, 5.74) is 3.21. The summed E-state index contributed by atoms with van der Waals surface area (Å²) in [5.74, 6) is -3.85. The number of hydrogen-bond acceptors (Lipinski definition) is 7. The molecule has 3 N–H and O–H groups in total. The Morgan fingerprint density at radius 2 is 1.59 bits per heavy atom. The number of likely N-dealkylation sites (tertiary alicyclic amines) is 1.